The van der Waals surface area contributed by atoms with E-state index in [4.69, 9.17) is 43.6 Å². The zero-order chi connectivity index (χ0) is 47.3. The number of carbonyl (C=O) groups excluding carboxylic acids is 4. The van der Waals surface area contributed by atoms with E-state index in [-0.39, 0.29) is 57.9 Å². The Hall–Kier alpha value is -5.19. The lowest BCUT2D eigenvalue weighted by molar-refractivity contribution is -0.136. The number of carbonyl (C=O) groups is 4. The van der Waals surface area contributed by atoms with Crippen molar-refractivity contribution in [2.24, 2.45) is 5.92 Å². The molecular weight excluding hydrogens is 790 g/mol. The Balaban J connectivity index is 1.02. The first-order valence-electron chi connectivity index (χ1n) is 21.7. The van der Waals surface area contributed by atoms with Gasteiger partial charge in [-0.2, -0.15) is 0 Å². The molecule has 298 valence electrons. The van der Waals surface area contributed by atoms with Crippen LogP contribution < -0.4 is 25.0 Å². The van der Waals surface area contributed by atoms with Crippen LogP contribution >= 0.6 is 23.2 Å². The van der Waals surface area contributed by atoms with E-state index in [2.05, 4.69) is 15.3 Å². The summed E-state index contributed by atoms with van der Waals surface area (Å²) in [7, 11) is 1.42. The molecule has 1 atom stereocenters. The minimum absolute atomic E-state index is 0.0100. The lowest BCUT2D eigenvalue weighted by Gasteiger charge is -2.39. The average Bonchev–Trinajstić information content (AvgIpc) is 3.48. The van der Waals surface area contributed by atoms with E-state index in [1.165, 1.54) is 25.6 Å². The summed E-state index contributed by atoms with van der Waals surface area (Å²) >= 11 is 11.9. The first kappa shape index (κ1) is 30.0. The second-order valence-electron chi connectivity index (χ2n) is 13.6. The van der Waals surface area contributed by atoms with E-state index < -0.39 is 108 Å². The second-order valence-corrected chi connectivity index (χ2v) is 14.4. The van der Waals surface area contributed by atoms with Gasteiger partial charge in [-0.1, -0.05) is 23.2 Å². The number of benzene rings is 3. The quantitative estimate of drug-likeness (QED) is 0.146. The van der Waals surface area contributed by atoms with Crippen molar-refractivity contribution < 1.29 is 52.8 Å². The van der Waals surface area contributed by atoms with Crippen LogP contribution in [-0.2, 0) is 9.59 Å². The number of fused-ring (bicyclic) bond motifs is 2. The van der Waals surface area contributed by atoms with Crippen LogP contribution in [0.1, 0.15) is 70.2 Å². The van der Waals surface area contributed by atoms with Gasteiger partial charge in [0.15, 0.2) is 23.1 Å². The Morgan fingerprint density at radius 3 is 2.40 bits per heavy atom. The molecule has 0 spiro atoms. The molecular formula is C39H36Cl2F3N7O6. The Morgan fingerprint density at radius 1 is 0.930 bits per heavy atom. The number of rotatable bonds is 9. The van der Waals surface area contributed by atoms with Gasteiger partial charge in [-0.05, 0) is 62.3 Å². The Labute approximate surface area is 345 Å². The number of aromatic nitrogens is 2. The molecule has 4 aromatic rings. The van der Waals surface area contributed by atoms with Crippen molar-refractivity contribution in [2.75, 3.05) is 49.9 Å². The van der Waals surface area contributed by atoms with Crippen molar-refractivity contribution in [1.82, 2.24) is 25.1 Å². The molecule has 1 aliphatic carbocycles. The number of methoxy groups -OCH3 is 1. The molecule has 2 N–H and O–H groups in total. The highest BCUT2D eigenvalue weighted by Gasteiger charge is 2.47. The number of piperazine rings is 1. The van der Waals surface area contributed by atoms with Crippen LogP contribution in [0.2, 0.25) is 10.0 Å². The van der Waals surface area contributed by atoms with Crippen molar-refractivity contribution in [2.45, 2.75) is 50.7 Å². The van der Waals surface area contributed by atoms with Gasteiger partial charge >= 0.3 is 0 Å². The fourth-order valence-electron chi connectivity index (χ4n) is 7.26. The molecule has 3 aliphatic heterocycles. The van der Waals surface area contributed by atoms with E-state index >= 15 is 8.78 Å². The van der Waals surface area contributed by atoms with Gasteiger partial charge in [0.25, 0.3) is 11.8 Å². The molecule has 18 heteroatoms. The van der Waals surface area contributed by atoms with Crippen LogP contribution in [-0.4, -0.2) is 95.2 Å². The molecule has 13 nitrogen and oxygen atoms in total. The van der Waals surface area contributed by atoms with Crippen LogP contribution in [0, 0.1) is 23.4 Å². The summed E-state index contributed by atoms with van der Waals surface area (Å²) in [4.78, 5) is 59.9. The number of anilines is 3. The predicted octanol–water partition coefficient (Wildman–Crippen LogP) is 6.27. The summed E-state index contributed by atoms with van der Waals surface area (Å²) in [6.45, 7) is -15.1. The van der Waals surface area contributed by atoms with E-state index in [1.807, 2.05) is 5.32 Å². The maximum Gasteiger partial charge on any atom is 0.265 e. The number of ether oxygens (including phenoxy) is 2. The fraction of sp³-hybridized carbons (Fsp3) is 0.385. The highest BCUT2D eigenvalue weighted by Crippen LogP contribution is 2.40. The summed E-state index contributed by atoms with van der Waals surface area (Å²) in [6, 6.07) is 4.71. The SMILES string of the molecule is [2H]C1([2H])N(CC2CCC(Oc3cc4c(Nc5ccc(Cl)c(Cl)c5F)ncnc4cc3OC)CC2)C([2H])([2H])C([2H])([2H])N(c2c(F)cc3c(c2F)C(=O)N(C2CCC(=O)NC2=O)C3=O)C1([2H])[2H]. The molecule has 1 unspecified atom stereocenters. The minimum Gasteiger partial charge on any atom is -0.493 e. The molecule has 0 bridgehead atoms. The van der Waals surface area contributed by atoms with Crippen molar-refractivity contribution in [3.05, 3.63) is 75.3 Å². The third kappa shape index (κ3) is 7.30. The number of nitrogens with one attached hydrogen (secondary N) is 2. The molecule has 4 aliphatic rings. The third-order valence-corrected chi connectivity index (χ3v) is 10.9. The maximum atomic E-state index is 16.6. The van der Waals surface area contributed by atoms with Crippen molar-refractivity contribution >= 4 is 74.9 Å². The van der Waals surface area contributed by atoms with E-state index in [1.54, 1.807) is 12.1 Å². The van der Waals surface area contributed by atoms with Gasteiger partial charge in [0.05, 0.1) is 51.1 Å². The van der Waals surface area contributed by atoms with E-state index in [0.29, 0.717) is 45.4 Å². The van der Waals surface area contributed by atoms with E-state index in [9.17, 15) is 23.6 Å². The van der Waals surface area contributed by atoms with Gasteiger partial charge in [-0.25, -0.2) is 23.1 Å². The summed E-state index contributed by atoms with van der Waals surface area (Å²) in [5.74, 6) is -8.97. The molecule has 57 heavy (non-hydrogen) atoms. The zero-order valence-electron chi connectivity index (χ0n) is 37.7. The van der Waals surface area contributed by atoms with Gasteiger partial charge in [-0.15, -0.1) is 0 Å². The smallest absolute Gasteiger partial charge is 0.265 e. The molecule has 1 saturated carbocycles. The Morgan fingerprint density at radius 2 is 1.68 bits per heavy atom. The highest BCUT2D eigenvalue weighted by atomic mass is 35.5. The average molecular weight is 835 g/mol. The lowest BCUT2D eigenvalue weighted by atomic mass is 9.87. The molecule has 4 heterocycles. The summed E-state index contributed by atoms with van der Waals surface area (Å²) in [5, 5.41) is 4.99. The predicted molar refractivity (Wildman–Crippen MR) is 204 cm³/mol. The largest absolute Gasteiger partial charge is 0.493 e. The number of amides is 4. The fourth-order valence-corrected chi connectivity index (χ4v) is 7.57. The normalized spacial score (nSPS) is 27.2. The molecule has 3 fully saturated rings. The monoisotopic (exact) mass is 833 g/mol. The van der Waals surface area contributed by atoms with Gasteiger partial charge in [0.1, 0.15) is 29.7 Å². The second kappa shape index (κ2) is 15.6. The number of hydrogen-bond acceptors (Lipinski definition) is 11. The number of imide groups is 2. The van der Waals surface area contributed by atoms with Crippen LogP contribution in [0.4, 0.5) is 30.4 Å². The Bertz CT molecular complexity index is 2670. The van der Waals surface area contributed by atoms with Crippen LogP contribution in [0.25, 0.3) is 10.9 Å². The molecule has 2 saturated heterocycles. The minimum atomic E-state index is -3.76. The number of hydrogen-bond donors (Lipinski definition) is 2. The van der Waals surface area contributed by atoms with Crippen molar-refractivity contribution in [3.8, 4) is 11.5 Å². The summed E-state index contributed by atoms with van der Waals surface area (Å²) in [6.07, 6.45) is 1.25. The third-order valence-electron chi connectivity index (χ3n) is 10.2. The first-order valence-corrected chi connectivity index (χ1v) is 18.4. The van der Waals surface area contributed by atoms with Gasteiger partial charge < -0.3 is 19.7 Å². The molecule has 8 rings (SSSR count). The number of halogens is 5. The van der Waals surface area contributed by atoms with Gasteiger partial charge in [0, 0.05) is 55.9 Å². The lowest BCUT2D eigenvalue weighted by Crippen LogP contribution is -2.54. The van der Waals surface area contributed by atoms with Gasteiger partial charge in [0.2, 0.25) is 11.8 Å². The summed E-state index contributed by atoms with van der Waals surface area (Å²) in [5.41, 5.74) is -3.31. The first-order chi connectivity index (χ1) is 30.4. The topological polar surface area (TPSA) is 146 Å². The Kier molecular flexibility index (Phi) is 8.22. The number of piperidine rings is 1. The van der Waals surface area contributed by atoms with Gasteiger partial charge in [-0.3, -0.25) is 34.3 Å². The zero-order valence-corrected chi connectivity index (χ0v) is 31.2. The van der Waals surface area contributed by atoms with Crippen molar-refractivity contribution in [3.63, 3.8) is 0 Å². The highest BCUT2D eigenvalue weighted by molar-refractivity contribution is 6.42. The summed E-state index contributed by atoms with van der Waals surface area (Å²) < 4.78 is 131. The van der Waals surface area contributed by atoms with Crippen LogP contribution in [0.3, 0.4) is 0 Å². The van der Waals surface area contributed by atoms with Crippen LogP contribution in [0.15, 0.2) is 36.7 Å². The molecule has 3 aromatic carbocycles. The molecule has 4 amide bonds. The van der Waals surface area contributed by atoms with E-state index in [0.717, 1.165) is 0 Å². The van der Waals surface area contributed by atoms with Crippen LogP contribution in [0.5, 0.6) is 11.5 Å². The molecule has 1 aromatic heterocycles. The maximum absolute atomic E-state index is 16.6. The standard InChI is InChI=1S/C39H36Cl2F3N7O6/c1-56-28-16-26-21(36(46-18-45-26)47-25-7-6-23(40)32(41)33(25)43)15-29(28)57-20-4-2-19(3-5-20)17-49-10-12-50(13-11-49)35-24(42)14-22-31(34(35)44)39(55)51(38(22)54)27-8-9-30(52)48-37(27)53/h6-7,14-16,18-20,27H,2-5,8-13,17H2,1H3,(H,45,46,47)(H,48,52,53)/i10D2,11D2,12D2,13D2. The number of nitrogens with zero attached hydrogens (tertiary/aromatic N) is 5. The molecule has 0 radical (unpaired) electrons. The van der Waals surface area contributed by atoms with Crippen molar-refractivity contribution in [1.29, 1.82) is 0 Å².